The summed E-state index contributed by atoms with van der Waals surface area (Å²) in [6.07, 6.45) is 2.10. The van der Waals surface area contributed by atoms with Crippen LogP contribution in [0.4, 0.5) is 8.78 Å². The summed E-state index contributed by atoms with van der Waals surface area (Å²) in [6.45, 7) is 0.382. The van der Waals surface area contributed by atoms with Crippen LogP contribution in [-0.2, 0) is 4.79 Å². The highest BCUT2D eigenvalue weighted by molar-refractivity contribution is 5.97. The average molecular weight is 333 g/mol. The minimum Gasteiger partial charge on any atom is -0.352 e. The van der Waals surface area contributed by atoms with Gasteiger partial charge in [0.15, 0.2) is 17.4 Å². The largest absolute Gasteiger partial charge is 0.352 e. The van der Waals surface area contributed by atoms with Gasteiger partial charge in [0.05, 0.1) is 0 Å². The number of halogens is 3. The summed E-state index contributed by atoms with van der Waals surface area (Å²) < 4.78 is 25.8. The lowest BCUT2D eigenvalue weighted by Crippen LogP contribution is -2.41. The van der Waals surface area contributed by atoms with Gasteiger partial charge in [0, 0.05) is 31.0 Å². The maximum Gasteiger partial charge on any atom is 0.220 e. The maximum absolute atomic E-state index is 13.0. The Labute approximate surface area is 133 Å². The fourth-order valence-electron chi connectivity index (χ4n) is 2.19. The van der Waals surface area contributed by atoms with Gasteiger partial charge >= 0.3 is 0 Å². The first-order valence-electron chi connectivity index (χ1n) is 6.99. The van der Waals surface area contributed by atoms with Gasteiger partial charge in [-0.25, -0.2) is 8.78 Å². The van der Waals surface area contributed by atoms with Crippen molar-refractivity contribution in [1.29, 1.82) is 0 Å². The predicted octanol–water partition coefficient (Wildman–Crippen LogP) is 2.20. The molecule has 1 aliphatic carbocycles. The van der Waals surface area contributed by atoms with Crippen molar-refractivity contribution in [3.63, 3.8) is 0 Å². The van der Waals surface area contributed by atoms with Crippen LogP contribution in [-0.4, -0.2) is 24.3 Å². The molecule has 0 aliphatic heterocycles. The van der Waals surface area contributed by atoms with E-state index in [1.165, 1.54) is 6.07 Å². The Hall–Kier alpha value is -1.53. The molecule has 7 heteroatoms. The highest BCUT2D eigenvalue weighted by Crippen LogP contribution is 2.32. The lowest BCUT2D eigenvalue weighted by molar-refractivity contribution is -0.121. The van der Waals surface area contributed by atoms with Crippen LogP contribution in [0.3, 0.4) is 0 Å². The summed E-state index contributed by atoms with van der Waals surface area (Å²) >= 11 is 0. The molecule has 1 atom stereocenters. The van der Waals surface area contributed by atoms with Gasteiger partial charge in [-0.1, -0.05) is 0 Å². The zero-order valence-corrected chi connectivity index (χ0v) is 12.8. The van der Waals surface area contributed by atoms with E-state index in [0.29, 0.717) is 12.5 Å². The van der Waals surface area contributed by atoms with E-state index in [-0.39, 0.29) is 48.5 Å². The number of amides is 1. The molecule has 122 valence electrons. The van der Waals surface area contributed by atoms with Gasteiger partial charge < -0.3 is 11.1 Å². The topological polar surface area (TPSA) is 72.2 Å². The number of Topliss-reactive ketones (excluding diaryl/α,β-unsaturated/α-hetero) is 1. The third-order valence-electron chi connectivity index (χ3n) is 3.61. The third kappa shape index (κ3) is 5.03. The van der Waals surface area contributed by atoms with E-state index in [0.717, 1.165) is 25.0 Å². The van der Waals surface area contributed by atoms with E-state index < -0.39 is 11.6 Å². The molecule has 0 heterocycles. The van der Waals surface area contributed by atoms with Crippen molar-refractivity contribution in [3.05, 3.63) is 35.4 Å². The first-order chi connectivity index (χ1) is 10.0. The smallest absolute Gasteiger partial charge is 0.220 e. The minimum absolute atomic E-state index is 0. The Morgan fingerprint density at radius 2 is 1.91 bits per heavy atom. The van der Waals surface area contributed by atoms with Gasteiger partial charge in [0.25, 0.3) is 0 Å². The highest BCUT2D eigenvalue weighted by Gasteiger charge is 2.31. The van der Waals surface area contributed by atoms with Crippen molar-refractivity contribution >= 4 is 24.1 Å². The van der Waals surface area contributed by atoms with Crippen molar-refractivity contribution in [2.45, 2.75) is 31.7 Å². The molecule has 1 aromatic rings. The summed E-state index contributed by atoms with van der Waals surface area (Å²) in [5.41, 5.74) is 5.65. The van der Waals surface area contributed by atoms with Crippen LogP contribution in [0, 0.1) is 17.6 Å². The molecule has 1 saturated carbocycles. The molecule has 3 N–H and O–H groups in total. The number of carbonyl (C=O) groups is 2. The molecule has 22 heavy (non-hydrogen) atoms. The Morgan fingerprint density at radius 1 is 1.23 bits per heavy atom. The van der Waals surface area contributed by atoms with Gasteiger partial charge in [-0.2, -0.15) is 0 Å². The molecule has 0 bridgehead atoms. The van der Waals surface area contributed by atoms with Crippen LogP contribution >= 0.6 is 12.4 Å². The van der Waals surface area contributed by atoms with E-state index >= 15 is 0 Å². The van der Waals surface area contributed by atoms with Crippen molar-refractivity contribution in [2.75, 3.05) is 6.54 Å². The molecule has 1 unspecified atom stereocenters. The lowest BCUT2D eigenvalue weighted by Gasteiger charge is -2.15. The number of nitrogens with one attached hydrogen (secondary N) is 1. The van der Waals surface area contributed by atoms with Crippen LogP contribution in [0.1, 0.15) is 36.0 Å². The molecule has 1 amide bonds. The van der Waals surface area contributed by atoms with Crippen LogP contribution in [0.15, 0.2) is 18.2 Å². The monoisotopic (exact) mass is 332 g/mol. The van der Waals surface area contributed by atoms with Crippen LogP contribution in [0.5, 0.6) is 0 Å². The molecule has 0 spiro atoms. The molecule has 1 aliphatic rings. The summed E-state index contributed by atoms with van der Waals surface area (Å²) in [6, 6.07) is 2.93. The molecule has 0 aromatic heterocycles. The highest BCUT2D eigenvalue weighted by atomic mass is 35.5. The van der Waals surface area contributed by atoms with E-state index in [1.54, 1.807) is 0 Å². The second-order valence-electron chi connectivity index (χ2n) is 5.30. The number of nitrogens with two attached hydrogens (primary N) is 1. The first kappa shape index (κ1) is 18.5. The summed E-state index contributed by atoms with van der Waals surface area (Å²) in [4.78, 5) is 23.6. The fraction of sp³-hybridized carbons (Fsp3) is 0.467. The van der Waals surface area contributed by atoms with Crippen molar-refractivity contribution in [2.24, 2.45) is 11.7 Å². The zero-order chi connectivity index (χ0) is 15.4. The Balaban J connectivity index is 0.00000242. The minimum atomic E-state index is -1.07. The number of carbonyl (C=O) groups excluding carboxylic acids is 2. The van der Waals surface area contributed by atoms with Gasteiger partial charge in [-0.15, -0.1) is 12.4 Å². The fourth-order valence-corrected chi connectivity index (χ4v) is 2.19. The lowest BCUT2D eigenvalue weighted by atomic mass is 10.1. The Morgan fingerprint density at radius 3 is 2.45 bits per heavy atom. The summed E-state index contributed by atoms with van der Waals surface area (Å²) in [7, 11) is 0. The molecule has 2 rings (SSSR count). The molecular weight excluding hydrogens is 314 g/mol. The molecule has 1 aromatic carbocycles. The molecule has 4 nitrogen and oxygen atoms in total. The van der Waals surface area contributed by atoms with Crippen LogP contribution in [0.2, 0.25) is 0 Å². The zero-order valence-electron chi connectivity index (χ0n) is 12.0. The van der Waals surface area contributed by atoms with E-state index in [2.05, 4.69) is 5.32 Å². The third-order valence-corrected chi connectivity index (χ3v) is 3.61. The molecular formula is C15H19ClF2N2O2. The van der Waals surface area contributed by atoms with Gasteiger partial charge in [-0.3, -0.25) is 9.59 Å². The predicted molar refractivity (Wildman–Crippen MR) is 80.9 cm³/mol. The van der Waals surface area contributed by atoms with Crippen molar-refractivity contribution in [1.82, 2.24) is 5.32 Å². The maximum atomic E-state index is 13.0. The van der Waals surface area contributed by atoms with Gasteiger partial charge in [-0.05, 0) is 37.0 Å². The van der Waals surface area contributed by atoms with Crippen LogP contribution in [0.25, 0.3) is 0 Å². The van der Waals surface area contributed by atoms with E-state index in [1.807, 2.05) is 0 Å². The Kier molecular flexibility index (Phi) is 6.90. The molecule has 1 fully saturated rings. The second-order valence-corrected chi connectivity index (χ2v) is 5.30. The van der Waals surface area contributed by atoms with E-state index in [4.69, 9.17) is 5.73 Å². The van der Waals surface area contributed by atoms with Crippen molar-refractivity contribution in [3.8, 4) is 0 Å². The van der Waals surface area contributed by atoms with Crippen molar-refractivity contribution < 1.29 is 18.4 Å². The summed E-state index contributed by atoms with van der Waals surface area (Å²) in [5.74, 6) is -2.25. The molecule has 0 radical (unpaired) electrons. The van der Waals surface area contributed by atoms with Gasteiger partial charge in [0.1, 0.15) is 0 Å². The second kappa shape index (κ2) is 8.19. The van der Waals surface area contributed by atoms with Gasteiger partial charge in [0.2, 0.25) is 5.91 Å². The number of hydrogen-bond donors (Lipinski definition) is 2. The SMILES string of the molecule is Cl.NCC(NC(=O)CCC(=O)c1ccc(F)c(F)c1)C1CC1. The first-order valence-corrected chi connectivity index (χ1v) is 6.99. The normalized spacial score (nSPS) is 14.9. The Bertz CT molecular complexity index is 550. The molecule has 0 saturated heterocycles. The number of ketones is 1. The average Bonchev–Trinajstić information content (AvgIpc) is 3.29. The number of hydrogen-bond acceptors (Lipinski definition) is 3. The quantitative estimate of drug-likeness (QED) is 0.752. The van der Waals surface area contributed by atoms with E-state index in [9.17, 15) is 18.4 Å². The van der Waals surface area contributed by atoms with Crippen LogP contribution < -0.4 is 11.1 Å². The standard InChI is InChI=1S/C15H18F2N2O2.ClH/c16-11-4-3-10(7-12(11)17)14(20)5-6-15(21)19-13(8-18)9-1-2-9;/h3-4,7,9,13H,1-2,5-6,8,18H2,(H,19,21);1H. The number of benzene rings is 1. The summed E-state index contributed by atoms with van der Waals surface area (Å²) in [5, 5.41) is 2.81. The number of rotatable bonds is 7.